The zero-order chi connectivity index (χ0) is 22.8. The van der Waals surface area contributed by atoms with Gasteiger partial charge in [0.05, 0.1) is 11.4 Å². The Morgan fingerprint density at radius 2 is 1.55 bits per heavy atom. The van der Waals surface area contributed by atoms with Crippen LogP contribution < -0.4 is 4.90 Å². The Morgan fingerprint density at radius 3 is 2.21 bits per heavy atom. The normalized spacial score (nSPS) is 12.1. The van der Waals surface area contributed by atoms with Gasteiger partial charge < -0.3 is 4.74 Å². The lowest BCUT2D eigenvalue weighted by molar-refractivity contribution is -0.148. The molecule has 1 amide bonds. The van der Waals surface area contributed by atoms with Gasteiger partial charge in [0.1, 0.15) is 0 Å². The molecule has 0 bridgehead atoms. The molecule has 1 aliphatic rings. The monoisotopic (exact) mass is 457 g/mol. The predicted octanol–water partition coefficient (Wildman–Crippen LogP) is 4.02. The highest BCUT2D eigenvalue weighted by Crippen LogP contribution is 2.47. The number of hydrogen-bond donors (Lipinski definition) is 0. The Bertz CT molecular complexity index is 1290. The van der Waals surface area contributed by atoms with Crippen molar-refractivity contribution in [2.75, 3.05) is 11.5 Å². The number of carbonyl (C=O) groups excluding carboxylic acids is 2. The molecule has 1 aliphatic heterocycles. The van der Waals surface area contributed by atoms with Crippen LogP contribution in [-0.4, -0.2) is 38.7 Å². The Morgan fingerprint density at radius 1 is 0.909 bits per heavy atom. The number of carbonyl (C=O) groups is 2. The first-order valence-corrected chi connectivity index (χ1v) is 11.1. The standard InChI is InChI=1S/C24H19N5O3S/c1-16-10-12-17(13-11-16)24-25-27-28(26-24)14-23(31)32-15-22(30)29-18-6-2-4-8-20(18)33-21-9-5-3-7-19(21)29/h2-13H,14-15H2,1H3. The Kier molecular flexibility index (Phi) is 5.62. The van der Waals surface area contributed by atoms with E-state index in [-0.39, 0.29) is 12.5 Å². The summed E-state index contributed by atoms with van der Waals surface area (Å²) in [5.74, 6) is -0.544. The summed E-state index contributed by atoms with van der Waals surface area (Å²) in [6, 6.07) is 23.0. The van der Waals surface area contributed by atoms with Crippen LogP contribution in [0, 0.1) is 6.92 Å². The molecular formula is C24H19N5O3S. The van der Waals surface area contributed by atoms with E-state index in [0.29, 0.717) is 5.82 Å². The fraction of sp³-hybridized carbons (Fsp3) is 0.125. The number of aryl methyl sites for hydroxylation is 1. The van der Waals surface area contributed by atoms with Crippen molar-refractivity contribution >= 4 is 35.0 Å². The number of anilines is 2. The summed E-state index contributed by atoms with van der Waals surface area (Å²) >= 11 is 1.60. The van der Waals surface area contributed by atoms with E-state index in [0.717, 1.165) is 37.1 Å². The van der Waals surface area contributed by atoms with Gasteiger partial charge in [-0.15, -0.1) is 10.2 Å². The van der Waals surface area contributed by atoms with Crippen LogP contribution in [0.25, 0.3) is 11.4 Å². The molecule has 9 heteroatoms. The van der Waals surface area contributed by atoms with Gasteiger partial charge in [-0.1, -0.05) is 65.9 Å². The minimum atomic E-state index is -0.621. The summed E-state index contributed by atoms with van der Waals surface area (Å²) in [4.78, 5) is 30.1. The van der Waals surface area contributed by atoms with Crippen LogP contribution in [0.15, 0.2) is 82.6 Å². The van der Waals surface area contributed by atoms with Crippen molar-refractivity contribution in [2.45, 2.75) is 23.3 Å². The molecule has 164 valence electrons. The molecule has 0 atom stereocenters. The van der Waals surface area contributed by atoms with E-state index in [1.54, 1.807) is 16.7 Å². The number of benzene rings is 3. The molecule has 0 spiro atoms. The largest absolute Gasteiger partial charge is 0.454 e. The molecule has 0 radical (unpaired) electrons. The number of para-hydroxylation sites is 2. The number of amides is 1. The quantitative estimate of drug-likeness (QED) is 0.418. The van der Waals surface area contributed by atoms with Gasteiger partial charge in [-0.05, 0) is 36.4 Å². The van der Waals surface area contributed by atoms with Gasteiger partial charge in [0.2, 0.25) is 5.82 Å². The fourth-order valence-electron chi connectivity index (χ4n) is 3.47. The van der Waals surface area contributed by atoms with Gasteiger partial charge in [0, 0.05) is 15.4 Å². The molecule has 0 saturated heterocycles. The maximum atomic E-state index is 13.1. The maximum Gasteiger partial charge on any atom is 0.330 e. The third-order valence-corrected chi connectivity index (χ3v) is 6.20. The lowest BCUT2D eigenvalue weighted by Crippen LogP contribution is -2.33. The van der Waals surface area contributed by atoms with Crippen molar-refractivity contribution in [1.29, 1.82) is 0 Å². The topological polar surface area (TPSA) is 90.2 Å². The van der Waals surface area contributed by atoms with Crippen LogP contribution in [0.2, 0.25) is 0 Å². The molecule has 8 nitrogen and oxygen atoms in total. The minimum Gasteiger partial charge on any atom is -0.454 e. The molecule has 0 N–H and O–H groups in total. The molecule has 5 rings (SSSR count). The lowest BCUT2D eigenvalue weighted by atomic mass is 10.1. The molecule has 0 unspecified atom stereocenters. The minimum absolute atomic E-state index is 0.241. The van der Waals surface area contributed by atoms with E-state index in [4.69, 9.17) is 4.74 Å². The highest BCUT2D eigenvalue weighted by atomic mass is 32.2. The van der Waals surface area contributed by atoms with Crippen LogP contribution in [-0.2, 0) is 20.9 Å². The molecule has 3 aromatic carbocycles. The number of aromatic nitrogens is 4. The second kappa shape index (κ2) is 8.87. The summed E-state index contributed by atoms with van der Waals surface area (Å²) in [5.41, 5.74) is 3.46. The van der Waals surface area contributed by atoms with Gasteiger partial charge in [0.25, 0.3) is 5.91 Å². The van der Waals surface area contributed by atoms with Crippen LogP contribution in [0.5, 0.6) is 0 Å². The van der Waals surface area contributed by atoms with Crippen molar-refractivity contribution in [1.82, 2.24) is 20.2 Å². The van der Waals surface area contributed by atoms with Gasteiger partial charge in [-0.2, -0.15) is 4.80 Å². The van der Waals surface area contributed by atoms with Gasteiger partial charge in [-0.3, -0.25) is 9.69 Å². The van der Waals surface area contributed by atoms with Crippen LogP contribution in [0.3, 0.4) is 0 Å². The molecule has 0 aliphatic carbocycles. The highest BCUT2D eigenvalue weighted by Gasteiger charge is 2.28. The Hall–Kier alpha value is -3.98. The fourth-order valence-corrected chi connectivity index (χ4v) is 4.53. The average molecular weight is 458 g/mol. The van der Waals surface area contributed by atoms with Crippen molar-refractivity contribution in [2.24, 2.45) is 0 Å². The van der Waals surface area contributed by atoms with Gasteiger partial charge in [0.15, 0.2) is 13.2 Å². The first kappa shape index (κ1) is 20.9. The molecule has 1 aromatic heterocycles. The van der Waals surface area contributed by atoms with Crippen LogP contribution >= 0.6 is 11.8 Å². The van der Waals surface area contributed by atoms with Crippen LogP contribution in [0.4, 0.5) is 11.4 Å². The molecule has 33 heavy (non-hydrogen) atoms. The third-order valence-electron chi connectivity index (χ3n) is 5.07. The number of ether oxygens (including phenoxy) is 1. The average Bonchev–Trinajstić information content (AvgIpc) is 3.29. The van der Waals surface area contributed by atoms with E-state index in [2.05, 4.69) is 15.4 Å². The molecular weight excluding hydrogens is 438 g/mol. The van der Waals surface area contributed by atoms with Crippen LogP contribution in [0.1, 0.15) is 5.56 Å². The third kappa shape index (κ3) is 4.35. The number of esters is 1. The molecule has 0 saturated carbocycles. The zero-order valence-electron chi connectivity index (χ0n) is 17.7. The Labute approximate surface area is 194 Å². The maximum absolute atomic E-state index is 13.1. The van der Waals surface area contributed by atoms with E-state index in [9.17, 15) is 9.59 Å². The van der Waals surface area contributed by atoms with Crippen molar-refractivity contribution in [3.63, 3.8) is 0 Å². The summed E-state index contributed by atoms with van der Waals surface area (Å²) in [6.07, 6.45) is 0. The number of hydrogen-bond acceptors (Lipinski definition) is 7. The van der Waals surface area contributed by atoms with Crippen molar-refractivity contribution in [3.8, 4) is 11.4 Å². The molecule has 0 fully saturated rings. The molecule has 2 heterocycles. The number of rotatable bonds is 5. The smallest absolute Gasteiger partial charge is 0.330 e. The van der Waals surface area contributed by atoms with Crippen molar-refractivity contribution < 1.29 is 14.3 Å². The van der Waals surface area contributed by atoms with Crippen molar-refractivity contribution in [3.05, 3.63) is 78.4 Å². The molecule has 4 aromatic rings. The lowest BCUT2D eigenvalue weighted by Gasteiger charge is -2.30. The summed E-state index contributed by atoms with van der Waals surface area (Å²) in [5, 5.41) is 12.1. The summed E-state index contributed by atoms with van der Waals surface area (Å²) in [6.45, 7) is 1.35. The first-order valence-electron chi connectivity index (χ1n) is 10.3. The second-order valence-electron chi connectivity index (χ2n) is 7.44. The second-order valence-corrected chi connectivity index (χ2v) is 8.52. The van der Waals surface area contributed by atoms with E-state index in [1.807, 2.05) is 79.7 Å². The SMILES string of the molecule is Cc1ccc(-c2nnn(CC(=O)OCC(=O)N3c4ccccc4Sc4ccccc43)n2)cc1. The van der Waals surface area contributed by atoms with Gasteiger partial charge in [-0.25, -0.2) is 4.79 Å². The zero-order valence-corrected chi connectivity index (χ0v) is 18.5. The van der Waals surface area contributed by atoms with E-state index in [1.165, 1.54) is 0 Å². The Balaban J connectivity index is 1.26. The summed E-state index contributed by atoms with van der Waals surface area (Å²) < 4.78 is 5.26. The highest BCUT2D eigenvalue weighted by molar-refractivity contribution is 7.99. The van der Waals surface area contributed by atoms with Gasteiger partial charge >= 0.3 is 5.97 Å². The number of tetrazole rings is 1. The first-order chi connectivity index (χ1) is 16.1. The van der Waals surface area contributed by atoms with E-state index >= 15 is 0 Å². The van der Waals surface area contributed by atoms with E-state index < -0.39 is 12.6 Å². The number of nitrogens with zero attached hydrogens (tertiary/aromatic N) is 5. The summed E-state index contributed by atoms with van der Waals surface area (Å²) in [7, 11) is 0. The predicted molar refractivity (Wildman–Crippen MR) is 123 cm³/mol. The number of fused-ring (bicyclic) bond motifs is 2.